The summed E-state index contributed by atoms with van der Waals surface area (Å²) >= 11 is 0. The van der Waals surface area contributed by atoms with Crippen molar-refractivity contribution in [1.29, 1.82) is 0 Å². The van der Waals surface area contributed by atoms with Gasteiger partial charge in [0.2, 0.25) is 5.89 Å². The fraction of sp³-hybridized carbons (Fsp3) is 0.353. The Hall–Kier alpha value is -2.81. The number of carbonyl (C=O) groups excluding carboxylic acids is 1. The van der Waals surface area contributed by atoms with Crippen molar-refractivity contribution in [3.63, 3.8) is 0 Å². The van der Waals surface area contributed by atoms with Crippen LogP contribution in [0.2, 0.25) is 0 Å². The van der Waals surface area contributed by atoms with Gasteiger partial charge in [-0.25, -0.2) is 4.79 Å². The Morgan fingerprint density at radius 3 is 2.87 bits per heavy atom. The number of anilines is 1. The second-order valence-electron chi connectivity index (χ2n) is 5.60. The summed E-state index contributed by atoms with van der Waals surface area (Å²) in [5.41, 5.74) is 1.45. The van der Waals surface area contributed by atoms with Crippen molar-refractivity contribution in [3.05, 3.63) is 41.5 Å². The second-order valence-corrected chi connectivity index (χ2v) is 5.60. The van der Waals surface area contributed by atoms with Gasteiger partial charge in [0.25, 0.3) is 0 Å². The predicted octanol–water partition coefficient (Wildman–Crippen LogP) is 2.77. The number of benzene rings is 1. The van der Waals surface area contributed by atoms with Crippen molar-refractivity contribution < 1.29 is 9.32 Å². The van der Waals surface area contributed by atoms with E-state index in [9.17, 15) is 4.79 Å². The molecule has 118 valence electrons. The fourth-order valence-corrected chi connectivity index (χ4v) is 2.70. The van der Waals surface area contributed by atoms with Crippen molar-refractivity contribution in [2.75, 3.05) is 18.4 Å². The van der Waals surface area contributed by atoms with Crippen molar-refractivity contribution in [2.45, 2.75) is 25.7 Å². The molecule has 1 fully saturated rings. The number of piperidine rings is 1. The summed E-state index contributed by atoms with van der Waals surface area (Å²) in [6.45, 7) is 3.12. The van der Waals surface area contributed by atoms with Crippen LogP contribution in [0.15, 0.2) is 28.8 Å². The molecule has 1 aliphatic rings. The molecule has 1 N–H and O–H groups in total. The lowest BCUT2D eigenvalue weighted by Crippen LogP contribution is -2.40. The number of hydrogen-bond acceptors (Lipinski definition) is 4. The molecule has 6 heteroatoms. The Morgan fingerprint density at radius 2 is 2.22 bits per heavy atom. The first-order valence-corrected chi connectivity index (χ1v) is 7.58. The lowest BCUT2D eigenvalue weighted by molar-refractivity contribution is 0.187. The fourth-order valence-electron chi connectivity index (χ4n) is 2.70. The normalized spacial score (nSPS) is 15.2. The molecule has 0 bridgehead atoms. The lowest BCUT2D eigenvalue weighted by Gasteiger charge is -2.30. The first-order chi connectivity index (χ1) is 11.2. The molecule has 1 aromatic carbocycles. The van der Waals surface area contributed by atoms with Crippen molar-refractivity contribution in [1.82, 2.24) is 15.0 Å². The molecule has 0 saturated carbocycles. The minimum absolute atomic E-state index is 0.112. The van der Waals surface area contributed by atoms with Gasteiger partial charge >= 0.3 is 6.03 Å². The number of carbonyl (C=O) groups is 1. The van der Waals surface area contributed by atoms with E-state index < -0.39 is 0 Å². The number of rotatable bonds is 2. The summed E-state index contributed by atoms with van der Waals surface area (Å²) in [5, 5.41) is 6.71. The van der Waals surface area contributed by atoms with Gasteiger partial charge < -0.3 is 14.7 Å². The molecule has 2 aromatic rings. The number of terminal acetylenes is 1. The van der Waals surface area contributed by atoms with Crippen LogP contribution in [0.5, 0.6) is 0 Å². The number of amides is 2. The summed E-state index contributed by atoms with van der Waals surface area (Å²) in [4.78, 5) is 18.4. The molecule has 0 atom stereocenters. The number of aryl methyl sites for hydroxylation is 1. The topological polar surface area (TPSA) is 71.3 Å². The van der Waals surface area contributed by atoms with Crippen LogP contribution in [0.25, 0.3) is 0 Å². The number of aromatic nitrogens is 2. The third kappa shape index (κ3) is 3.51. The number of nitrogens with one attached hydrogen (secondary N) is 1. The highest BCUT2D eigenvalue weighted by Crippen LogP contribution is 2.27. The summed E-state index contributed by atoms with van der Waals surface area (Å²) < 4.78 is 5.22. The molecule has 2 amide bonds. The van der Waals surface area contributed by atoms with E-state index in [1.807, 2.05) is 18.2 Å². The van der Waals surface area contributed by atoms with E-state index in [1.54, 1.807) is 17.9 Å². The Labute approximate surface area is 134 Å². The lowest BCUT2D eigenvalue weighted by atomic mass is 9.97. The number of likely N-dealkylation sites (tertiary alicyclic amines) is 1. The molecule has 1 aromatic heterocycles. The van der Waals surface area contributed by atoms with Crippen LogP contribution in [0.1, 0.15) is 36.0 Å². The van der Waals surface area contributed by atoms with Gasteiger partial charge in [0.05, 0.1) is 0 Å². The third-order valence-corrected chi connectivity index (χ3v) is 3.96. The van der Waals surface area contributed by atoms with Crippen LogP contribution in [0.3, 0.4) is 0 Å². The van der Waals surface area contributed by atoms with Crippen LogP contribution < -0.4 is 5.32 Å². The van der Waals surface area contributed by atoms with E-state index in [0.717, 1.165) is 18.4 Å². The second kappa shape index (κ2) is 6.53. The quantitative estimate of drug-likeness (QED) is 0.866. The van der Waals surface area contributed by atoms with Gasteiger partial charge in [-0.05, 0) is 38.0 Å². The van der Waals surface area contributed by atoms with Gasteiger partial charge in [0.1, 0.15) is 0 Å². The third-order valence-electron chi connectivity index (χ3n) is 3.96. The van der Waals surface area contributed by atoms with E-state index >= 15 is 0 Å². The molecule has 6 nitrogen and oxygen atoms in total. The van der Waals surface area contributed by atoms with Gasteiger partial charge in [-0.3, -0.25) is 0 Å². The zero-order valence-electron chi connectivity index (χ0n) is 13.0. The van der Waals surface area contributed by atoms with Crippen LogP contribution >= 0.6 is 0 Å². The number of urea groups is 1. The summed E-state index contributed by atoms with van der Waals surface area (Å²) in [7, 11) is 0. The highest BCUT2D eigenvalue weighted by Gasteiger charge is 2.27. The van der Waals surface area contributed by atoms with Crippen molar-refractivity contribution in [2.24, 2.45) is 0 Å². The maximum atomic E-state index is 12.3. The molecule has 1 aliphatic heterocycles. The van der Waals surface area contributed by atoms with E-state index in [0.29, 0.717) is 30.5 Å². The van der Waals surface area contributed by atoms with Gasteiger partial charge in [-0.2, -0.15) is 4.98 Å². The summed E-state index contributed by atoms with van der Waals surface area (Å²) in [6.07, 6.45) is 7.01. The van der Waals surface area contributed by atoms with Crippen LogP contribution in [-0.2, 0) is 0 Å². The van der Waals surface area contributed by atoms with Crippen LogP contribution in [0, 0.1) is 19.3 Å². The van der Waals surface area contributed by atoms with E-state index in [-0.39, 0.29) is 11.9 Å². The monoisotopic (exact) mass is 310 g/mol. The van der Waals surface area contributed by atoms with Crippen molar-refractivity contribution >= 4 is 11.7 Å². The molecule has 0 aliphatic carbocycles. The molecular formula is C17H18N4O2. The zero-order chi connectivity index (χ0) is 16.2. The molecule has 23 heavy (non-hydrogen) atoms. The zero-order valence-corrected chi connectivity index (χ0v) is 13.0. The van der Waals surface area contributed by atoms with E-state index in [2.05, 4.69) is 21.4 Å². The minimum atomic E-state index is -0.112. The van der Waals surface area contributed by atoms with Crippen molar-refractivity contribution in [3.8, 4) is 12.3 Å². The Balaban J connectivity index is 1.57. The standard InChI is InChI=1S/C17H18N4O2/c1-3-13-5-4-6-15(11-13)19-17(22)21-9-7-14(8-10-21)16-18-12(2)20-23-16/h1,4-6,11,14H,7-10H2,2H3,(H,19,22). The average molecular weight is 310 g/mol. The summed E-state index contributed by atoms with van der Waals surface area (Å²) in [6, 6.07) is 7.15. The van der Waals surface area contributed by atoms with Crippen LogP contribution in [-0.4, -0.2) is 34.2 Å². The molecule has 2 heterocycles. The van der Waals surface area contributed by atoms with Gasteiger partial charge in [-0.15, -0.1) is 6.42 Å². The highest BCUT2D eigenvalue weighted by atomic mass is 16.5. The molecule has 0 spiro atoms. The molecule has 0 unspecified atom stereocenters. The number of nitrogens with zero attached hydrogens (tertiary/aromatic N) is 3. The smallest absolute Gasteiger partial charge is 0.321 e. The molecule has 3 rings (SSSR count). The first kappa shape index (κ1) is 15.1. The Bertz CT molecular complexity index is 739. The summed E-state index contributed by atoms with van der Waals surface area (Å²) in [5.74, 6) is 4.10. The number of hydrogen-bond donors (Lipinski definition) is 1. The predicted molar refractivity (Wildman–Crippen MR) is 86.0 cm³/mol. The highest BCUT2D eigenvalue weighted by molar-refractivity contribution is 5.89. The minimum Gasteiger partial charge on any atom is -0.339 e. The maximum Gasteiger partial charge on any atom is 0.321 e. The Morgan fingerprint density at radius 1 is 1.43 bits per heavy atom. The average Bonchev–Trinajstić information content (AvgIpc) is 3.01. The molecule has 1 saturated heterocycles. The van der Waals surface area contributed by atoms with E-state index in [4.69, 9.17) is 10.9 Å². The largest absolute Gasteiger partial charge is 0.339 e. The van der Waals surface area contributed by atoms with Gasteiger partial charge in [0.15, 0.2) is 5.82 Å². The van der Waals surface area contributed by atoms with Gasteiger partial charge in [-0.1, -0.05) is 17.1 Å². The Kier molecular flexibility index (Phi) is 4.29. The maximum absolute atomic E-state index is 12.3. The van der Waals surface area contributed by atoms with Gasteiger partial charge in [0, 0.05) is 30.3 Å². The van der Waals surface area contributed by atoms with E-state index in [1.165, 1.54) is 0 Å². The molecular weight excluding hydrogens is 292 g/mol. The molecule has 0 radical (unpaired) electrons. The van der Waals surface area contributed by atoms with Crippen LogP contribution in [0.4, 0.5) is 10.5 Å². The first-order valence-electron chi connectivity index (χ1n) is 7.58. The SMILES string of the molecule is C#Cc1cccc(NC(=O)N2CCC(c3nc(C)no3)CC2)c1.